The molecule has 0 amide bonds. The van der Waals surface area contributed by atoms with Gasteiger partial charge in [-0.05, 0) is 19.1 Å². The van der Waals surface area contributed by atoms with Crippen molar-refractivity contribution < 1.29 is 4.52 Å². The molecule has 0 radical (unpaired) electrons. The van der Waals surface area contributed by atoms with Gasteiger partial charge in [-0.25, -0.2) is 0 Å². The first-order chi connectivity index (χ1) is 5.36. The molecule has 0 aliphatic heterocycles. The first-order valence-corrected chi connectivity index (χ1v) is 4.01. The lowest BCUT2D eigenvalue weighted by Gasteiger charge is -1.81. The molecular formula is C7H6N2OS. The third kappa shape index (κ3) is 1.17. The van der Waals surface area contributed by atoms with Crippen molar-refractivity contribution >= 4 is 11.3 Å². The van der Waals surface area contributed by atoms with Crippen molar-refractivity contribution in [3.63, 3.8) is 0 Å². The normalized spacial score (nSPS) is 10.3. The van der Waals surface area contributed by atoms with Gasteiger partial charge in [-0.1, -0.05) is 5.16 Å². The van der Waals surface area contributed by atoms with Gasteiger partial charge in [0.05, 0.1) is 4.88 Å². The van der Waals surface area contributed by atoms with Crippen LogP contribution in [0.2, 0.25) is 0 Å². The smallest absolute Gasteiger partial charge is 0.214 e. The lowest BCUT2D eigenvalue weighted by molar-refractivity contribution is 0.419. The fourth-order valence-corrected chi connectivity index (χ4v) is 1.63. The van der Waals surface area contributed by atoms with Crippen LogP contribution in [0.15, 0.2) is 23.0 Å². The maximum absolute atomic E-state index is 4.62. The molecule has 2 heterocycles. The first-order valence-electron chi connectivity index (χ1n) is 3.19. The highest BCUT2D eigenvalue weighted by Crippen LogP contribution is 2.23. The maximum atomic E-state index is 4.62. The van der Waals surface area contributed by atoms with E-state index in [0.29, 0.717) is 5.82 Å². The van der Waals surface area contributed by atoms with Crippen LogP contribution in [0.25, 0.3) is 10.7 Å². The molecule has 0 unspecified atom stereocenters. The molecule has 3 nitrogen and oxygen atoms in total. The summed E-state index contributed by atoms with van der Waals surface area (Å²) in [4.78, 5) is 6.24. The minimum Gasteiger partial charge on any atom is -0.342 e. The first kappa shape index (κ1) is 6.54. The molecule has 56 valence electrons. The largest absolute Gasteiger partial charge is 0.342 e. The highest BCUT2D eigenvalue weighted by Gasteiger charge is 2.03. The van der Waals surface area contributed by atoms with Crippen LogP contribution in [0.1, 0.15) is 4.88 Å². The molecule has 0 saturated carbocycles. The van der Waals surface area contributed by atoms with Crippen LogP contribution in [-0.2, 0) is 0 Å². The molecule has 0 spiro atoms. The highest BCUT2D eigenvalue weighted by atomic mass is 32.1. The van der Waals surface area contributed by atoms with Crippen molar-refractivity contribution in [2.75, 3.05) is 0 Å². The summed E-state index contributed by atoms with van der Waals surface area (Å²) in [5.41, 5.74) is 0. The molecule has 11 heavy (non-hydrogen) atoms. The summed E-state index contributed by atoms with van der Waals surface area (Å²) < 4.78 is 4.62. The summed E-state index contributed by atoms with van der Waals surface area (Å²) in [6, 6.07) is 4.03. The van der Waals surface area contributed by atoms with Gasteiger partial charge in [0.15, 0.2) is 0 Å². The molecule has 0 aliphatic carbocycles. The van der Waals surface area contributed by atoms with Crippen LogP contribution in [0.4, 0.5) is 0 Å². The summed E-state index contributed by atoms with van der Waals surface area (Å²) in [6.07, 6.45) is 1.34. The molecule has 0 aromatic carbocycles. The monoisotopic (exact) mass is 166 g/mol. The molecule has 2 rings (SSSR count). The van der Waals surface area contributed by atoms with Gasteiger partial charge in [-0.2, -0.15) is 4.98 Å². The van der Waals surface area contributed by atoms with E-state index in [2.05, 4.69) is 14.7 Å². The van der Waals surface area contributed by atoms with Crippen molar-refractivity contribution in [2.24, 2.45) is 0 Å². The second-order valence-electron chi connectivity index (χ2n) is 2.17. The van der Waals surface area contributed by atoms with Gasteiger partial charge in [0.1, 0.15) is 0 Å². The van der Waals surface area contributed by atoms with Gasteiger partial charge in [0.2, 0.25) is 12.2 Å². The highest BCUT2D eigenvalue weighted by molar-refractivity contribution is 7.15. The van der Waals surface area contributed by atoms with Gasteiger partial charge in [-0.15, -0.1) is 11.3 Å². The van der Waals surface area contributed by atoms with E-state index in [9.17, 15) is 0 Å². The van der Waals surface area contributed by atoms with Gasteiger partial charge in [0, 0.05) is 4.88 Å². The molecule has 0 atom stereocenters. The summed E-state index contributed by atoms with van der Waals surface area (Å²) in [6.45, 7) is 2.05. The van der Waals surface area contributed by atoms with Crippen molar-refractivity contribution in [1.82, 2.24) is 10.1 Å². The van der Waals surface area contributed by atoms with Crippen LogP contribution in [-0.4, -0.2) is 10.1 Å². The number of thiophene rings is 1. The molecule has 4 heteroatoms. The lowest BCUT2D eigenvalue weighted by Crippen LogP contribution is -1.71. The third-order valence-electron chi connectivity index (χ3n) is 1.32. The summed E-state index contributed by atoms with van der Waals surface area (Å²) >= 11 is 1.66. The molecule has 0 bridgehead atoms. The number of aryl methyl sites for hydroxylation is 1. The maximum Gasteiger partial charge on any atom is 0.214 e. The van der Waals surface area contributed by atoms with E-state index >= 15 is 0 Å². The van der Waals surface area contributed by atoms with E-state index in [4.69, 9.17) is 0 Å². The quantitative estimate of drug-likeness (QED) is 0.651. The Bertz CT molecular complexity index is 339. The molecule has 0 saturated heterocycles. The van der Waals surface area contributed by atoms with Crippen molar-refractivity contribution in [1.29, 1.82) is 0 Å². The number of nitrogens with zero attached hydrogens (tertiary/aromatic N) is 2. The minimum absolute atomic E-state index is 0.670. The molecule has 0 aliphatic rings. The van der Waals surface area contributed by atoms with Crippen LogP contribution in [0, 0.1) is 6.92 Å². The molecule has 2 aromatic rings. The van der Waals surface area contributed by atoms with Crippen LogP contribution < -0.4 is 0 Å². The number of hydrogen-bond donors (Lipinski definition) is 0. The standard InChI is InChI=1S/C7H6N2OS/c1-5-2-3-6(11-5)7-8-4-10-9-7/h2-4H,1H3. The van der Waals surface area contributed by atoms with Gasteiger partial charge >= 0.3 is 0 Å². The Hall–Kier alpha value is -1.16. The fraction of sp³-hybridized carbons (Fsp3) is 0.143. The van der Waals surface area contributed by atoms with E-state index in [-0.39, 0.29) is 0 Å². The zero-order chi connectivity index (χ0) is 7.68. The second-order valence-corrected chi connectivity index (χ2v) is 3.45. The average Bonchev–Trinajstić information content (AvgIpc) is 2.55. The second kappa shape index (κ2) is 2.47. The van der Waals surface area contributed by atoms with E-state index in [1.165, 1.54) is 11.3 Å². The zero-order valence-corrected chi connectivity index (χ0v) is 6.76. The number of rotatable bonds is 1. The Morgan fingerprint density at radius 1 is 1.45 bits per heavy atom. The third-order valence-corrected chi connectivity index (χ3v) is 2.32. The SMILES string of the molecule is Cc1ccc(-c2ncon2)s1. The van der Waals surface area contributed by atoms with Crippen LogP contribution in [0.3, 0.4) is 0 Å². The van der Waals surface area contributed by atoms with Crippen LogP contribution in [0.5, 0.6) is 0 Å². The lowest BCUT2D eigenvalue weighted by atomic mass is 10.4. The Kier molecular flexibility index (Phi) is 1.47. The van der Waals surface area contributed by atoms with Crippen molar-refractivity contribution in [3.8, 4) is 10.7 Å². The molecule has 2 aromatic heterocycles. The van der Waals surface area contributed by atoms with E-state index in [1.54, 1.807) is 11.3 Å². The van der Waals surface area contributed by atoms with E-state index in [1.807, 2.05) is 19.1 Å². The van der Waals surface area contributed by atoms with E-state index < -0.39 is 0 Å². The summed E-state index contributed by atoms with van der Waals surface area (Å²) in [5, 5.41) is 3.72. The fourth-order valence-electron chi connectivity index (χ4n) is 0.834. The topological polar surface area (TPSA) is 38.9 Å². The number of aromatic nitrogens is 2. The Labute approximate surface area is 67.7 Å². The van der Waals surface area contributed by atoms with Gasteiger partial charge in [0.25, 0.3) is 0 Å². The predicted octanol–water partition coefficient (Wildman–Crippen LogP) is 2.11. The Morgan fingerprint density at radius 2 is 2.36 bits per heavy atom. The van der Waals surface area contributed by atoms with Gasteiger partial charge < -0.3 is 4.52 Å². The molecule has 0 N–H and O–H groups in total. The van der Waals surface area contributed by atoms with Crippen LogP contribution >= 0.6 is 11.3 Å². The Balaban J connectivity index is 2.45. The minimum atomic E-state index is 0.670. The van der Waals surface area contributed by atoms with Gasteiger partial charge in [-0.3, -0.25) is 0 Å². The molecular weight excluding hydrogens is 160 g/mol. The zero-order valence-electron chi connectivity index (χ0n) is 5.94. The predicted molar refractivity (Wildman–Crippen MR) is 42.3 cm³/mol. The number of hydrogen-bond acceptors (Lipinski definition) is 4. The van der Waals surface area contributed by atoms with Crippen molar-refractivity contribution in [3.05, 3.63) is 23.4 Å². The summed E-state index contributed by atoms with van der Waals surface area (Å²) in [7, 11) is 0. The van der Waals surface area contributed by atoms with E-state index in [0.717, 1.165) is 4.88 Å². The Morgan fingerprint density at radius 3 is 2.91 bits per heavy atom. The average molecular weight is 166 g/mol. The molecule has 0 fully saturated rings. The van der Waals surface area contributed by atoms with Crippen molar-refractivity contribution in [2.45, 2.75) is 6.92 Å². The summed E-state index contributed by atoms with van der Waals surface area (Å²) in [5.74, 6) is 0.670.